The number of carbonyl (C=O) groups excluding carboxylic acids is 3. The SMILES string of the molecule is NC(=N/N=C\c1ccccc1)S[C@H]1CC(=O)N(c2ccc(C(=O)[O-])cc2)C1=O. The summed E-state index contributed by atoms with van der Waals surface area (Å²) in [5, 5.41) is 17.9. The summed E-state index contributed by atoms with van der Waals surface area (Å²) in [5.41, 5.74) is 6.91. The molecule has 2 N–H and O–H groups in total. The smallest absolute Gasteiger partial charge is 0.247 e. The highest BCUT2D eigenvalue weighted by Gasteiger charge is 2.40. The molecule has 0 aliphatic carbocycles. The third-order valence-electron chi connectivity index (χ3n) is 3.89. The summed E-state index contributed by atoms with van der Waals surface area (Å²) in [6, 6.07) is 14.6. The number of imide groups is 1. The number of carboxylic acid groups (broad SMARTS) is 1. The molecule has 0 bridgehead atoms. The molecule has 8 nitrogen and oxygen atoms in total. The van der Waals surface area contributed by atoms with Crippen LogP contribution < -0.4 is 15.7 Å². The Kier molecular flexibility index (Phi) is 5.85. The Labute approximate surface area is 164 Å². The van der Waals surface area contributed by atoms with Gasteiger partial charge in [-0.05, 0) is 23.3 Å². The van der Waals surface area contributed by atoms with Crippen molar-refractivity contribution in [3.05, 3.63) is 65.7 Å². The third kappa shape index (κ3) is 4.44. The van der Waals surface area contributed by atoms with E-state index < -0.39 is 23.0 Å². The Bertz CT molecular complexity index is 958. The van der Waals surface area contributed by atoms with E-state index in [1.165, 1.54) is 30.5 Å². The van der Waals surface area contributed by atoms with E-state index in [4.69, 9.17) is 5.73 Å². The van der Waals surface area contributed by atoms with Gasteiger partial charge in [0.05, 0.1) is 17.9 Å². The molecule has 9 heteroatoms. The van der Waals surface area contributed by atoms with Crippen molar-refractivity contribution in [3.63, 3.8) is 0 Å². The molecule has 142 valence electrons. The lowest BCUT2D eigenvalue weighted by atomic mass is 10.2. The molecule has 0 saturated carbocycles. The van der Waals surface area contributed by atoms with Crippen molar-refractivity contribution < 1.29 is 19.5 Å². The minimum Gasteiger partial charge on any atom is -0.545 e. The maximum Gasteiger partial charge on any atom is 0.247 e. The van der Waals surface area contributed by atoms with Crippen LogP contribution in [-0.4, -0.2) is 34.4 Å². The van der Waals surface area contributed by atoms with Crippen molar-refractivity contribution in [2.45, 2.75) is 11.7 Å². The lowest BCUT2D eigenvalue weighted by Gasteiger charge is -2.15. The van der Waals surface area contributed by atoms with Crippen LogP contribution in [0.3, 0.4) is 0 Å². The van der Waals surface area contributed by atoms with Crippen LogP contribution in [0.15, 0.2) is 64.8 Å². The lowest BCUT2D eigenvalue weighted by molar-refractivity contribution is -0.255. The number of rotatable bonds is 5. The number of carbonyl (C=O) groups is 3. The van der Waals surface area contributed by atoms with Crippen molar-refractivity contribution in [3.8, 4) is 0 Å². The minimum atomic E-state index is -1.33. The Morgan fingerprint density at radius 2 is 1.82 bits per heavy atom. The summed E-state index contributed by atoms with van der Waals surface area (Å²) >= 11 is 0.959. The van der Waals surface area contributed by atoms with Gasteiger partial charge in [-0.15, -0.1) is 5.10 Å². The molecule has 0 unspecified atom stereocenters. The molecule has 1 heterocycles. The summed E-state index contributed by atoms with van der Waals surface area (Å²) < 4.78 is 0. The molecule has 1 aliphatic heterocycles. The molecule has 0 spiro atoms. The molecule has 1 saturated heterocycles. The maximum atomic E-state index is 12.6. The standard InChI is InChI=1S/C19H16N4O4S/c20-19(22-21-11-12-4-2-1-3-5-12)28-15-10-16(24)23(17(15)25)14-8-6-13(7-9-14)18(26)27/h1-9,11,15H,10H2,(H2,20,22)(H,26,27)/p-1/b21-11-/t15-/m0/s1. The van der Waals surface area contributed by atoms with Crippen LogP contribution in [0.25, 0.3) is 0 Å². The van der Waals surface area contributed by atoms with Gasteiger partial charge in [-0.1, -0.05) is 54.2 Å². The van der Waals surface area contributed by atoms with E-state index in [9.17, 15) is 19.5 Å². The second-order valence-corrected chi connectivity index (χ2v) is 7.03. The maximum absolute atomic E-state index is 12.6. The van der Waals surface area contributed by atoms with E-state index in [2.05, 4.69) is 10.2 Å². The molecule has 28 heavy (non-hydrogen) atoms. The van der Waals surface area contributed by atoms with Crippen LogP contribution in [0.1, 0.15) is 22.3 Å². The number of aromatic carboxylic acids is 1. The largest absolute Gasteiger partial charge is 0.545 e. The molecule has 0 radical (unpaired) electrons. The van der Waals surface area contributed by atoms with Gasteiger partial charge in [0, 0.05) is 6.42 Å². The predicted molar refractivity (Wildman–Crippen MR) is 105 cm³/mol. The average Bonchev–Trinajstić information content (AvgIpc) is 2.96. The van der Waals surface area contributed by atoms with Gasteiger partial charge >= 0.3 is 0 Å². The molecule has 1 fully saturated rings. The molecule has 2 amide bonds. The zero-order valence-electron chi connectivity index (χ0n) is 14.5. The zero-order chi connectivity index (χ0) is 20.1. The van der Waals surface area contributed by atoms with Crippen LogP contribution in [-0.2, 0) is 9.59 Å². The van der Waals surface area contributed by atoms with Gasteiger partial charge in [-0.2, -0.15) is 5.10 Å². The van der Waals surface area contributed by atoms with E-state index in [0.717, 1.165) is 22.2 Å². The summed E-state index contributed by atoms with van der Waals surface area (Å²) in [6.45, 7) is 0. The van der Waals surface area contributed by atoms with E-state index >= 15 is 0 Å². The van der Waals surface area contributed by atoms with E-state index in [1.807, 2.05) is 30.3 Å². The number of nitrogens with zero attached hydrogens (tertiary/aromatic N) is 3. The molecular formula is C19H15N4O4S-. The monoisotopic (exact) mass is 395 g/mol. The van der Waals surface area contributed by atoms with Gasteiger partial charge in [0.2, 0.25) is 11.8 Å². The van der Waals surface area contributed by atoms with Gasteiger partial charge in [0.25, 0.3) is 0 Å². The Morgan fingerprint density at radius 3 is 2.46 bits per heavy atom. The topological polar surface area (TPSA) is 128 Å². The van der Waals surface area contributed by atoms with E-state index in [-0.39, 0.29) is 17.2 Å². The van der Waals surface area contributed by atoms with Crippen LogP contribution >= 0.6 is 11.8 Å². The van der Waals surface area contributed by atoms with Crippen molar-refractivity contribution in [1.82, 2.24) is 0 Å². The molecule has 2 aromatic rings. The van der Waals surface area contributed by atoms with Crippen molar-refractivity contribution in [2.24, 2.45) is 15.9 Å². The fourth-order valence-corrected chi connectivity index (χ4v) is 3.39. The lowest BCUT2D eigenvalue weighted by Crippen LogP contribution is -2.32. The Balaban J connectivity index is 1.66. The first-order chi connectivity index (χ1) is 13.5. The normalized spacial score (nSPS) is 17.5. The number of anilines is 1. The third-order valence-corrected chi connectivity index (χ3v) is 4.87. The highest BCUT2D eigenvalue weighted by Crippen LogP contribution is 2.29. The number of amidine groups is 1. The molecular weight excluding hydrogens is 380 g/mol. The number of hydrogen-bond acceptors (Lipinski definition) is 7. The Morgan fingerprint density at radius 1 is 1.14 bits per heavy atom. The highest BCUT2D eigenvalue weighted by molar-refractivity contribution is 8.14. The van der Waals surface area contributed by atoms with Gasteiger partial charge in [-0.3, -0.25) is 9.59 Å². The van der Waals surface area contributed by atoms with Gasteiger partial charge in [0.15, 0.2) is 5.17 Å². The Hall–Kier alpha value is -3.46. The molecule has 3 rings (SSSR count). The van der Waals surface area contributed by atoms with Gasteiger partial charge in [0.1, 0.15) is 5.25 Å². The second-order valence-electron chi connectivity index (χ2n) is 5.81. The van der Waals surface area contributed by atoms with Gasteiger partial charge in [-0.25, -0.2) is 4.90 Å². The highest BCUT2D eigenvalue weighted by atomic mass is 32.2. The summed E-state index contributed by atoms with van der Waals surface area (Å²) in [7, 11) is 0. The fourth-order valence-electron chi connectivity index (χ4n) is 2.57. The quantitative estimate of drug-likeness (QED) is 0.345. The van der Waals surface area contributed by atoms with Crippen molar-refractivity contribution in [2.75, 3.05) is 4.90 Å². The molecule has 2 aromatic carbocycles. The van der Waals surface area contributed by atoms with E-state index in [1.54, 1.807) is 0 Å². The van der Waals surface area contributed by atoms with Crippen LogP contribution in [0.5, 0.6) is 0 Å². The van der Waals surface area contributed by atoms with Crippen LogP contribution in [0, 0.1) is 0 Å². The van der Waals surface area contributed by atoms with E-state index in [0.29, 0.717) is 5.69 Å². The van der Waals surface area contributed by atoms with Crippen molar-refractivity contribution >= 4 is 46.6 Å². The predicted octanol–water partition coefficient (Wildman–Crippen LogP) is 0.764. The number of thioether (sulfide) groups is 1. The summed E-state index contributed by atoms with van der Waals surface area (Å²) in [6.07, 6.45) is 1.49. The average molecular weight is 395 g/mol. The van der Waals surface area contributed by atoms with Gasteiger partial charge < -0.3 is 15.6 Å². The molecule has 1 atom stereocenters. The number of carboxylic acids is 1. The van der Waals surface area contributed by atoms with Crippen LogP contribution in [0.2, 0.25) is 0 Å². The van der Waals surface area contributed by atoms with Crippen molar-refractivity contribution in [1.29, 1.82) is 0 Å². The number of hydrogen-bond donors (Lipinski definition) is 1. The number of nitrogens with two attached hydrogens (primary N) is 1. The summed E-state index contributed by atoms with van der Waals surface area (Å²) in [4.78, 5) is 36.6. The minimum absolute atomic E-state index is 0.0373. The first kappa shape index (κ1) is 19.3. The number of benzene rings is 2. The van der Waals surface area contributed by atoms with Crippen LogP contribution in [0.4, 0.5) is 5.69 Å². The first-order valence-electron chi connectivity index (χ1n) is 8.22. The number of amides is 2. The second kappa shape index (κ2) is 8.49. The fraction of sp³-hybridized carbons (Fsp3) is 0.105. The first-order valence-corrected chi connectivity index (χ1v) is 9.10. The molecule has 0 aromatic heterocycles. The zero-order valence-corrected chi connectivity index (χ0v) is 15.3. The molecule has 1 aliphatic rings. The summed E-state index contributed by atoms with van der Waals surface area (Å²) in [5.74, 6) is -2.18.